The SMILES string of the molecule is Cc1ccc(N2C(=O)C3Sc4c(sc(=O)n4CC(=O)Nc4ccc(O)cc4)C(c4ccc(Br)cc4)C3C2=O)cc1. The van der Waals surface area contributed by atoms with Crippen LogP contribution < -0.4 is 15.1 Å². The summed E-state index contributed by atoms with van der Waals surface area (Å²) in [4.78, 5) is 55.4. The number of carbonyl (C=O) groups is 3. The van der Waals surface area contributed by atoms with Crippen LogP contribution in [0.5, 0.6) is 5.75 Å². The standard InChI is InChI=1S/C29H22BrN3O5S2/c1-15-2-10-19(11-3-15)33-26(36)23-22(16-4-6-17(30)7-5-16)25-28(39-24(23)27(33)37)32(29(38)40-25)14-21(35)31-18-8-12-20(34)13-9-18/h2-13,22-24,34H,14H2,1H3,(H,31,35). The predicted octanol–water partition coefficient (Wildman–Crippen LogP) is 5.12. The number of amides is 3. The van der Waals surface area contributed by atoms with Gasteiger partial charge in [0.2, 0.25) is 17.7 Å². The van der Waals surface area contributed by atoms with Crippen molar-refractivity contribution in [2.75, 3.05) is 10.2 Å². The summed E-state index contributed by atoms with van der Waals surface area (Å²) in [5, 5.41) is 12.0. The molecule has 11 heteroatoms. The Bertz CT molecular complexity index is 1700. The number of halogens is 1. The van der Waals surface area contributed by atoms with Crippen LogP contribution >= 0.6 is 39.0 Å². The van der Waals surface area contributed by atoms with Crippen LogP contribution in [0.3, 0.4) is 0 Å². The summed E-state index contributed by atoms with van der Waals surface area (Å²) in [6.07, 6.45) is 0. The number of aromatic nitrogens is 1. The zero-order chi connectivity index (χ0) is 28.1. The lowest BCUT2D eigenvalue weighted by Crippen LogP contribution is -2.33. The third-order valence-corrected chi connectivity index (χ3v) is 10.2. The van der Waals surface area contributed by atoms with Crippen LogP contribution in [0.25, 0.3) is 0 Å². The molecule has 0 aliphatic carbocycles. The maximum absolute atomic E-state index is 13.9. The van der Waals surface area contributed by atoms with E-state index in [1.165, 1.54) is 33.4 Å². The third-order valence-electron chi connectivity index (χ3n) is 7.02. The molecule has 3 aromatic carbocycles. The first-order valence-electron chi connectivity index (χ1n) is 12.4. The Kier molecular flexibility index (Phi) is 6.89. The van der Waals surface area contributed by atoms with Gasteiger partial charge in [-0.1, -0.05) is 68.9 Å². The van der Waals surface area contributed by atoms with Gasteiger partial charge in [-0.15, -0.1) is 0 Å². The molecule has 202 valence electrons. The van der Waals surface area contributed by atoms with Crippen molar-refractivity contribution in [1.29, 1.82) is 0 Å². The first-order chi connectivity index (χ1) is 19.2. The lowest BCUT2D eigenvalue weighted by atomic mass is 9.83. The molecule has 6 rings (SSSR count). The number of benzene rings is 3. The number of hydrogen-bond acceptors (Lipinski definition) is 7. The van der Waals surface area contributed by atoms with Gasteiger partial charge in [0.1, 0.15) is 17.5 Å². The first kappa shape index (κ1) is 26.5. The number of imide groups is 1. The summed E-state index contributed by atoms with van der Waals surface area (Å²) >= 11 is 5.64. The zero-order valence-electron chi connectivity index (χ0n) is 21.0. The maximum Gasteiger partial charge on any atom is 0.308 e. The summed E-state index contributed by atoms with van der Waals surface area (Å²) in [6, 6.07) is 20.8. The Morgan fingerprint density at radius 2 is 1.62 bits per heavy atom. The van der Waals surface area contributed by atoms with Crippen LogP contribution in [0.15, 0.2) is 87.1 Å². The van der Waals surface area contributed by atoms with Gasteiger partial charge in [0, 0.05) is 21.0 Å². The Hall–Kier alpha value is -3.67. The van der Waals surface area contributed by atoms with Gasteiger partial charge in [-0.05, 0) is 61.0 Å². The fraction of sp³-hybridized carbons (Fsp3) is 0.172. The van der Waals surface area contributed by atoms with Gasteiger partial charge in [-0.2, -0.15) is 0 Å². The van der Waals surface area contributed by atoms with Gasteiger partial charge in [-0.3, -0.25) is 23.7 Å². The smallest absolute Gasteiger partial charge is 0.308 e. The Morgan fingerprint density at radius 3 is 2.30 bits per heavy atom. The molecule has 0 radical (unpaired) electrons. The fourth-order valence-corrected chi connectivity index (χ4v) is 8.16. The summed E-state index contributed by atoms with van der Waals surface area (Å²) in [5.74, 6) is -2.23. The molecule has 3 unspecified atom stereocenters. The summed E-state index contributed by atoms with van der Waals surface area (Å²) in [5.41, 5.74) is 2.82. The highest BCUT2D eigenvalue weighted by molar-refractivity contribution is 9.10. The number of rotatable bonds is 5. The third kappa shape index (κ3) is 4.67. The van der Waals surface area contributed by atoms with E-state index in [2.05, 4.69) is 21.2 Å². The summed E-state index contributed by atoms with van der Waals surface area (Å²) in [6.45, 7) is 1.68. The average molecular weight is 637 g/mol. The van der Waals surface area contributed by atoms with Crippen LogP contribution in [0.4, 0.5) is 11.4 Å². The second kappa shape index (κ2) is 10.4. The van der Waals surface area contributed by atoms with E-state index in [9.17, 15) is 24.3 Å². The van der Waals surface area contributed by atoms with Crippen molar-refractivity contribution < 1.29 is 19.5 Å². The number of thiazole rings is 1. The number of aromatic hydroxyl groups is 1. The quantitative estimate of drug-likeness (QED) is 0.233. The number of anilines is 2. The van der Waals surface area contributed by atoms with E-state index < -0.39 is 23.0 Å². The van der Waals surface area contributed by atoms with Crippen molar-refractivity contribution in [3.63, 3.8) is 0 Å². The molecule has 3 amide bonds. The number of phenols is 1. The lowest BCUT2D eigenvalue weighted by Gasteiger charge is -2.30. The Labute approximate surface area is 245 Å². The molecule has 40 heavy (non-hydrogen) atoms. The molecule has 0 bridgehead atoms. The highest BCUT2D eigenvalue weighted by atomic mass is 79.9. The van der Waals surface area contributed by atoms with Crippen molar-refractivity contribution in [2.45, 2.75) is 29.7 Å². The number of fused-ring (bicyclic) bond motifs is 2. The molecule has 2 N–H and O–H groups in total. The molecular weight excluding hydrogens is 614 g/mol. The van der Waals surface area contributed by atoms with Crippen molar-refractivity contribution >= 4 is 68.1 Å². The highest BCUT2D eigenvalue weighted by Gasteiger charge is 2.56. The fourth-order valence-electron chi connectivity index (χ4n) is 5.12. The van der Waals surface area contributed by atoms with E-state index >= 15 is 0 Å². The molecule has 3 heterocycles. The average Bonchev–Trinajstić information content (AvgIpc) is 3.37. The zero-order valence-corrected chi connectivity index (χ0v) is 24.3. The van der Waals surface area contributed by atoms with Gasteiger partial charge in [0.15, 0.2) is 0 Å². The second-order valence-corrected chi connectivity index (χ2v) is 12.7. The Balaban J connectivity index is 1.40. The molecular formula is C29H22BrN3O5S2. The van der Waals surface area contributed by atoms with Crippen LogP contribution in [-0.4, -0.2) is 32.6 Å². The highest BCUT2D eigenvalue weighted by Crippen LogP contribution is 2.54. The van der Waals surface area contributed by atoms with E-state index in [1.807, 2.05) is 43.3 Å². The minimum atomic E-state index is -0.754. The van der Waals surface area contributed by atoms with Crippen LogP contribution in [-0.2, 0) is 20.9 Å². The molecule has 0 spiro atoms. The molecule has 1 fully saturated rings. The topological polar surface area (TPSA) is 109 Å². The molecule has 3 atom stereocenters. The van der Waals surface area contributed by atoms with E-state index in [1.54, 1.807) is 24.3 Å². The number of aryl methyl sites for hydroxylation is 1. The largest absolute Gasteiger partial charge is 0.508 e. The summed E-state index contributed by atoms with van der Waals surface area (Å²) in [7, 11) is 0. The Morgan fingerprint density at radius 1 is 0.950 bits per heavy atom. The van der Waals surface area contributed by atoms with E-state index in [4.69, 9.17) is 0 Å². The maximum atomic E-state index is 13.9. The predicted molar refractivity (Wildman–Crippen MR) is 158 cm³/mol. The number of nitrogens with zero attached hydrogens (tertiary/aromatic N) is 2. The molecule has 0 saturated carbocycles. The van der Waals surface area contributed by atoms with E-state index in [0.717, 1.165) is 26.9 Å². The number of carbonyl (C=O) groups excluding carboxylic acids is 3. The minimum absolute atomic E-state index is 0.0709. The minimum Gasteiger partial charge on any atom is -0.508 e. The molecule has 8 nitrogen and oxygen atoms in total. The van der Waals surface area contributed by atoms with Crippen LogP contribution in [0.2, 0.25) is 0 Å². The summed E-state index contributed by atoms with van der Waals surface area (Å²) < 4.78 is 2.25. The second-order valence-electron chi connectivity index (χ2n) is 9.66. The van der Waals surface area contributed by atoms with Crippen LogP contribution in [0, 0.1) is 12.8 Å². The van der Waals surface area contributed by atoms with Gasteiger partial charge in [0.25, 0.3) is 0 Å². The van der Waals surface area contributed by atoms with Crippen molar-refractivity contribution in [2.24, 2.45) is 5.92 Å². The van der Waals surface area contributed by atoms with Crippen molar-refractivity contribution in [1.82, 2.24) is 4.57 Å². The lowest BCUT2D eigenvalue weighted by molar-refractivity contribution is -0.122. The first-order valence-corrected chi connectivity index (χ1v) is 14.9. The van der Waals surface area contributed by atoms with Crippen molar-refractivity contribution in [3.05, 3.63) is 103 Å². The number of thioether (sulfide) groups is 1. The monoisotopic (exact) mass is 635 g/mol. The van der Waals surface area contributed by atoms with Gasteiger partial charge in [-0.25, -0.2) is 4.90 Å². The van der Waals surface area contributed by atoms with Crippen molar-refractivity contribution in [3.8, 4) is 5.75 Å². The van der Waals surface area contributed by atoms with Gasteiger partial charge >= 0.3 is 4.87 Å². The normalized spacial score (nSPS) is 19.9. The van der Waals surface area contributed by atoms with E-state index in [0.29, 0.717) is 21.3 Å². The molecule has 2 aliphatic rings. The molecule has 4 aromatic rings. The van der Waals surface area contributed by atoms with Gasteiger partial charge < -0.3 is 10.4 Å². The molecule has 2 aliphatic heterocycles. The van der Waals surface area contributed by atoms with Crippen LogP contribution in [0.1, 0.15) is 21.9 Å². The number of hydrogen-bond donors (Lipinski definition) is 2. The molecule has 1 aromatic heterocycles. The molecule has 1 saturated heterocycles. The number of nitrogens with one attached hydrogen (secondary N) is 1. The van der Waals surface area contributed by atoms with E-state index in [-0.39, 0.29) is 29.0 Å². The van der Waals surface area contributed by atoms with Gasteiger partial charge in [0.05, 0.1) is 16.6 Å². The number of phenolic OH excluding ortho intramolecular Hbond substituents is 1.